The summed E-state index contributed by atoms with van der Waals surface area (Å²) in [6, 6.07) is 6.64. The first kappa shape index (κ1) is 22.6. The van der Waals surface area contributed by atoms with Crippen LogP contribution < -0.4 is 5.32 Å². The topological polar surface area (TPSA) is 105 Å². The molecule has 1 aromatic heterocycles. The lowest BCUT2D eigenvalue weighted by Gasteiger charge is -2.11. The number of rotatable bonds is 8. The van der Waals surface area contributed by atoms with E-state index in [1.807, 2.05) is 13.8 Å². The molecule has 0 aliphatic carbocycles. The Morgan fingerprint density at radius 3 is 2.45 bits per heavy atom. The molecule has 2 aromatic rings. The van der Waals surface area contributed by atoms with Crippen molar-refractivity contribution in [1.29, 1.82) is 0 Å². The number of halogens is 1. The van der Waals surface area contributed by atoms with Crippen LogP contribution in [-0.4, -0.2) is 54.3 Å². The van der Waals surface area contributed by atoms with Gasteiger partial charge in [-0.2, -0.15) is 5.10 Å². The molecule has 0 saturated carbocycles. The Balaban J connectivity index is 2.15. The van der Waals surface area contributed by atoms with Gasteiger partial charge in [0.05, 0.1) is 17.1 Å². The number of carbonyl (C=O) groups is 1. The van der Waals surface area contributed by atoms with E-state index in [1.54, 1.807) is 24.3 Å². The minimum Gasteiger partial charge on any atom is -0.465 e. The zero-order valence-corrected chi connectivity index (χ0v) is 17.6. The van der Waals surface area contributed by atoms with E-state index >= 15 is 0 Å². The van der Waals surface area contributed by atoms with Crippen molar-refractivity contribution in [3.05, 3.63) is 58.7 Å². The zero-order chi connectivity index (χ0) is 21.8. The lowest BCUT2D eigenvalue weighted by Crippen LogP contribution is -2.22. The second-order valence-electron chi connectivity index (χ2n) is 6.75. The lowest BCUT2D eigenvalue weighted by molar-refractivity contribution is 0.195. The van der Waals surface area contributed by atoms with E-state index < -0.39 is 21.9 Å². The standard InChI is InChI=1S/C19H25FN4O4S/c1-13-18(11-15-5-7-17(8-6-15)29(27,28)23(3)4)14(2)24(22-13)12-16(20)9-10-21-19(25)26/h5-9,21H,10-12H2,1-4H3,(H,25,26). The number of hydrogen-bond acceptors (Lipinski definition) is 4. The monoisotopic (exact) mass is 424 g/mol. The Morgan fingerprint density at radius 1 is 1.28 bits per heavy atom. The third kappa shape index (κ3) is 5.64. The molecule has 0 fully saturated rings. The van der Waals surface area contributed by atoms with E-state index in [9.17, 15) is 17.6 Å². The highest BCUT2D eigenvalue weighted by Gasteiger charge is 2.17. The number of nitrogens with zero attached hydrogens (tertiary/aromatic N) is 3. The molecule has 29 heavy (non-hydrogen) atoms. The number of nitrogens with one attached hydrogen (secondary N) is 1. The van der Waals surface area contributed by atoms with Crippen LogP contribution >= 0.6 is 0 Å². The highest BCUT2D eigenvalue weighted by atomic mass is 32.2. The highest BCUT2D eigenvalue weighted by molar-refractivity contribution is 7.89. The average molecular weight is 424 g/mol. The van der Waals surface area contributed by atoms with Gasteiger partial charge < -0.3 is 10.4 Å². The third-order valence-electron chi connectivity index (χ3n) is 4.49. The predicted octanol–water partition coefficient (Wildman–Crippen LogP) is 2.46. The van der Waals surface area contributed by atoms with Crippen molar-refractivity contribution in [1.82, 2.24) is 19.4 Å². The number of aryl methyl sites for hydroxylation is 1. The summed E-state index contributed by atoms with van der Waals surface area (Å²) in [5, 5.41) is 15.0. The summed E-state index contributed by atoms with van der Waals surface area (Å²) >= 11 is 0. The minimum atomic E-state index is -3.48. The smallest absolute Gasteiger partial charge is 0.404 e. The van der Waals surface area contributed by atoms with Crippen LogP contribution in [0.4, 0.5) is 9.18 Å². The van der Waals surface area contributed by atoms with E-state index in [4.69, 9.17) is 5.11 Å². The SMILES string of the molecule is Cc1nn(CC(F)=CCNC(=O)O)c(C)c1Cc1ccc(S(=O)(=O)N(C)C)cc1. The first-order valence-electron chi connectivity index (χ1n) is 8.88. The molecular formula is C19H25FN4O4S. The largest absolute Gasteiger partial charge is 0.465 e. The van der Waals surface area contributed by atoms with E-state index in [2.05, 4.69) is 10.4 Å². The molecule has 0 aliphatic heterocycles. The molecule has 158 valence electrons. The summed E-state index contributed by atoms with van der Waals surface area (Å²) in [4.78, 5) is 10.6. The van der Waals surface area contributed by atoms with Crippen molar-refractivity contribution in [2.45, 2.75) is 31.7 Å². The van der Waals surface area contributed by atoms with Gasteiger partial charge in [-0.05, 0) is 37.6 Å². The van der Waals surface area contributed by atoms with Crippen molar-refractivity contribution < 1.29 is 22.7 Å². The molecule has 0 bridgehead atoms. The predicted molar refractivity (Wildman–Crippen MR) is 107 cm³/mol. The number of amides is 1. The van der Waals surface area contributed by atoms with Gasteiger partial charge in [0.25, 0.3) is 0 Å². The van der Waals surface area contributed by atoms with Crippen LogP contribution in [0.5, 0.6) is 0 Å². The van der Waals surface area contributed by atoms with E-state index in [-0.39, 0.29) is 18.0 Å². The summed E-state index contributed by atoms with van der Waals surface area (Å²) in [5.41, 5.74) is 3.39. The van der Waals surface area contributed by atoms with Gasteiger partial charge in [0.2, 0.25) is 10.0 Å². The molecule has 1 amide bonds. The van der Waals surface area contributed by atoms with Gasteiger partial charge in [-0.25, -0.2) is 21.9 Å². The van der Waals surface area contributed by atoms with Gasteiger partial charge in [-0.15, -0.1) is 0 Å². The minimum absolute atomic E-state index is 0.0893. The molecule has 0 saturated heterocycles. The molecule has 8 nitrogen and oxygen atoms in total. The molecular weight excluding hydrogens is 399 g/mol. The van der Waals surface area contributed by atoms with Crippen molar-refractivity contribution >= 4 is 16.1 Å². The molecule has 0 unspecified atom stereocenters. The quantitative estimate of drug-likeness (QED) is 0.677. The second kappa shape index (κ2) is 9.19. The summed E-state index contributed by atoms with van der Waals surface area (Å²) in [5.74, 6) is -0.492. The fraction of sp³-hybridized carbons (Fsp3) is 0.368. The number of allylic oxidation sites excluding steroid dienone is 1. The van der Waals surface area contributed by atoms with Crippen LogP contribution in [0.15, 0.2) is 41.1 Å². The van der Waals surface area contributed by atoms with Crippen molar-refractivity contribution in [3.63, 3.8) is 0 Å². The molecule has 0 atom stereocenters. The fourth-order valence-corrected chi connectivity index (χ4v) is 3.70. The number of benzene rings is 1. The normalized spacial score (nSPS) is 12.4. The van der Waals surface area contributed by atoms with E-state index in [0.29, 0.717) is 6.42 Å². The molecule has 0 radical (unpaired) electrons. The Hall–Kier alpha value is -2.72. The molecule has 1 heterocycles. The summed E-state index contributed by atoms with van der Waals surface area (Å²) in [6.07, 6.45) is 0.479. The van der Waals surface area contributed by atoms with E-state index in [0.717, 1.165) is 32.9 Å². The molecule has 1 aromatic carbocycles. The first-order chi connectivity index (χ1) is 13.5. The van der Waals surface area contributed by atoms with Crippen molar-refractivity contribution in [3.8, 4) is 0 Å². The second-order valence-corrected chi connectivity index (χ2v) is 8.90. The number of carboxylic acid groups (broad SMARTS) is 1. The number of sulfonamides is 1. The van der Waals surface area contributed by atoms with Gasteiger partial charge >= 0.3 is 6.09 Å². The maximum Gasteiger partial charge on any atom is 0.404 e. The third-order valence-corrected chi connectivity index (χ3v) is 6.32. The molecule has 0 spiro atoms. The number of aromatic nitrogens is 2. The van der Waals surface area contributed by atoms with Crippen LogP contribution in [0.3, 0.4) is 0 Å². The maximum absolute atomic E-state index is 14.0. The highest BCUT2D eigenvalue weighted by Crippen LogP contribution is 2.21. The summed E-state index contributed by atoms with van der Waals surface area (Å²) in [7, 11) is -0.515. The molecule has 0 aliphatic rings. The van der Waals surface area contributed by atoms with E-state index in [1.165, 1.54) is 18.8 Å². The van der Waals surface area contributed by atoms with Gasteiger partial charge in [-0.1, -0.05) is 12.1 Å². The average Bonchev–Trinajstić information content (AvgIpc) is 2.89. The lowest BCUT2D eigenvalue weighted by atomic mass is 10.0. The van der Waals surface area contributed by atoms with Crippen LogP contribution in [0.1, 0.15) is 22.5 Å². The zero-order valence-electron chi connectivity index (χ0n) is 16.8. The molecule has 10 heteroatoms. The Labute approximate surface area is 169 Å². The van der Waals surface area contributed by atoms with Crippen LogP contribution in [0.2, 0.25) is 0 Å². The van der Waals surface area contributed by atoms with Gasteiger partial charge in [-0.3, -0.25) is 4.68 Å². The number of hydrogen-bond donors (Lipinski definition) is 2. The fourth-order valence-electron chi connectivity index (χ4n) is 2.79. The van der Waals surface area contributed by atoms with Gasteiger partial charge in [0.15, 0.2) is 0 Å². The van der Waals surface area contributed by atoms with Gasteiger partial charge in [0.1, 0.15) is 5.83 Å². The first-order valence-corrected chi connectivity index (χ1v) is 10.3. The Bertz CT molecular complexity index is 1010. The van der Waals surface area contributed by atoms with Crippen LogP contribution in [-0.2, 0) is 23.0 Å². The molecule has 2 rings (SSSR count). The summed E-state index contributed by atoms with van der Waals surface area (Å²) < 4.78 is 41.0. The van der Waals surface area contributed by atoms with Crippen molar-refractivity contribution in [2.24, 2.45) is 0 Å². The van der Waals surface area contributed by atoms with Gasteiger partial charge in [0, 0.05) is 38.3 Å². The van der Waals surface area contributed by atoms with Crippen LogP contribution in [0, 0.1) is 13.8 Å². The summed E-state index contributed by atoms with van der Waals surface area (Å²) in [6.45, 7) is 3.46. The Kier molecular flexibility index (Phi) is 7.15. The van der Waals surface area contributed by atoms with Crippen LogP contribution in [0.25, 0.3) is 0 Å². The Morgan fingerprint density at radius 2 is 1.90 bits per heavy atom. The maximum atomic E-state index is 14.0. The molecule has 2 N–H and O–H groups in total. The van der Waals surface area contributed by atoms with Crippen molar-refractivity contribution in [2.75, 3.05) is 20.6 Å².